The van der Waals surface area contributed by atoms with Gasteiger partial charge in [-0.3, -0.25) is 0 Å². The van der Waals surface area contributed by atoms with Gasteiger partial charge in [-0.25, -0.2) is 0 Å². The normalized spacial score (nSPS) is 22.8. The molecule has 0 saturated heterocycles. The van der Waals surface area contributed by atoms with Crippen molar-refractivity contribution in [1.29, 1.82) is 0 Å². The predicted molar refractivity (Wildman–Crippen MR) is 71.1 cm³/mol. The van der Waals surface area contributed by atoms with Gasteiger partial charge in [0.05, 0.1) is 11.0 Å². The van der Waals surface area contributed by atoms with Crippen LogP contribution in [0.1, 0.15) is 16.7 Å². The molecule has 2 aliphatic rings. The Balaban J connectivity index is 2.03. The smallest absolute Gasteiger partial charge is 0.127 e. The van der Waals surface area contributed by atoms with E-state index in [9.17, 15) is 5.11 Å². The van der Waals surface area contributed by atoms with Gasteiger partial charge in [-0.1, -0.05) is 18.2 Å². The van der Waals surface area contributed by atoms with Crippen molar-refractivity contribution in [2.75, 3.05) is 13.2 Å². The number of benzene rings is 2. The topological polar surface area (TPSA) is 38.7 Å². The van der Waals surface area contributed by atoms with Gasteiger partial charge in [0.25, 0.3) is 0 Å². The van der Waals surface area contributed by atoms with Crippen molar-refractivity contribution in [1.82, 2.24) is 0 Å². The number of hydrogen-bond donors (Lipinski definition) is 1. The lowest BCUT2D eigenvalue weighted by atomic mass is 9.75. The van der Waals surface area contributed by atoms with E-state index in [-0.39, 0.29) is 11.2 Å². The van der Waals surface area contributed by atoms with E-state index in [1.807, 2.05) is 24.3 Å². The highest BCUT2D eigenvalue weighted by molar-refractivity contribution is 5.63. The minimum atomic E-state index is -0.360. The minimum Gasteiger partial charge on any atom is -0.507 e. The van der Waals surface area contributed by atoms with Crippen LogP contribution in [0.4, 0.5) is 0 Å². The summed E-state index contributed by atoms with van der Waals surface area (Å²) in [6, 6.07) is 11.5. The molecule has 96 valence electrons. The van der Waals surface area contributed by atoms with E-state index < -0.39 is 0 Å². The van der Waals surface area contributed by atoms with Crippen molar-refractivity contribution in [3.63, 3.8) is 0 Å². The van der Waals surface area contributed by atoms with E-state index in [1.165, 1.54) is 5.56 Å². The Hall–Kier alpha value is -2.16. The van der Waals surface area contributed by atoms with Crippen molar-refractivity contribution < 1.29 is 14.6 Å². The van der Waals surface area contributed by atoms with Crippen LogP contribution in [0, 0.1) is 6.92 Å². The molecular weight excluding hydrogens is 240 g/mol. The third-order valence-electron chi connectivity index (χ3n) is 4.14. The summed E-state index contributed by atoms with van der Waals surface area (Å²) in [5.41, 5.74) is 2.83. The van der Waals surface area contributed by atoms with Crippen molar-refractivity contribution in [2.45, 2.75) is 12.3 Å². The summed E-state index contributed by atoms with van der Waals surface area (Å²) in [6.45, 7) is 3.13. The quantitative estimate of drug-likeness (QED) is 0.785. The summed E-state index contributed by atoms with van der Waals surface area (Å²) < 4.78 is 11.6. The average Bonchev–Trinajstić information content (AvgIpc) is 2.96. The van der Waals surface area contributed by atoms with Crippen LogP contribution in [0.3, 0.4) is 0 Å². The highest BCUT2D eigenvalue weighted by atomic mass is 16.5. The van der Waals surface area contributed by atoms with Crippen LogP contribution in [-0.2, 0) is 5.41 Å². The second-order valence-electron chi connectivity index (χ2n) is 5.26. The Morgan fingerprint density at radius 3 is 2.32 bits per heavy atom. The van der Waals surface area contributed by atoms with Crippen LogP contribution in [0.25, 0.3) is 0 Å². The third-order valence-corrected chi connectivity index (χ3v) is 4.14. The van der Waals surface area contributed by atoms with Gasteiger partial charge in [0.2, 0.25) is 0 Å². The number of phenols is 1. The SMILES string of the molecule is Cc1cccc2c1C1(CO2)COc2cccc(O)c21. The third kappa shape index (κ3) is 1.22. The average molecular weight is 254 g/mol. The van der Waals surface area contributed by atoms with Gasteiger partial charge in [0.15, 0.2) is 0 Å². The standard InChI is InChI=1S/C16H14O3/c1-10-4-2-6-12-14(10)16(8-18-12)9-19-13-7-3-5-11(17)15(13)16/h2-7,17H,8-9H2,1H3. The molecule has 4 rings (SSSR count). The zero-order chi connectivity index (χ0) is 13.0. The fourth-order valence-corrected chi connectivity index (χ4v) is 3.35. The molecule has 0 saturated carbocycles. The van der Waals surface area contributed by atoms with Crippen molar-refractivity contribution in [2.24, 2.45) is 0 Å². The monoisotopic (exact) mass is 254 g/mol. The fourth-order valence-electron chi connectivity index (χ4n) is 3.35. The molecule has 3 nitrogen and oxygen atoms in total. The van der Waals surface area contributed by atoms with Crippen molar-refractivity contribution >= 4 is 0 Å². The van der Waals surface area contributed by atoms with Crippen molar-refractivity contribution in [3.8, 4) is 17.2 Å². The molecule has 0 amide bonds. The number of hydrogen-bond acceptors (Lipinski definition) is 3. The molecule has 1 unspecified atom stereocenters. The first-order valence-electron chi connectivity index (χ1n) is 6.40. The van der Waals surface area contributed by atoms with Gasteiger partial charge < -0.3 is 14.6 Å². The molecule has 0 bridgehead atoms. The van der Waals surface area contributed by atoms with Gasteiger partial charge in [0.1, 0.15) is 30.5 Å². The maximum Gasteiger partial charge on any atom is 0.127 e. The summed E-state index contributed by atoms with van der Waals surface area (Å²) >= 11 is 0. The number of ether oxygens (including phenoxy) is 2. The van der Waals surface area contributed by atoms with Gasteiger partial charge in [-0.15, -0.1) is 0 Å². The summed E-state index contributed by atoms with van der Waals surface area (Å²) in [7, 11) is 0. The highest BCUT2D eigenvalue weighted by Crippen LogP contribution is 2.54. The first kappa shape index (κ1) is 10.7. The molecule has 3 heteroatoms. The van der Waals surface area contributed by atoms with E-state index in [2.05, 4.69) is 13.0 Å². The second kappa shape index (κ2) is 3.44. The van der Waals surface area contributed by atoms with E-state index in [0.29, 0.717) is 13.2 Å². The molecule has 2 aromatic carbocycles. The van der Waals surface area contributed by atoms with Crippen LogP contribution < -0.4 is 9.47 Å². The number of aromatic hydroxyl groups is 1. The minimum absolute atomic E-state index is 0.287. The molecule has 0 aromatic heterocycles. The number of fused-ring (bicyclic) bond motifs is 4. The number of aryl methyl sites for hydroxylation is 1. The fraction of sp³-hybridized carbons (Fsp3) is 0.250. The Morgan fingerprint density at radius 1 is 0.947 bits per heavy atom. The van der Waals surface area contributed by atoms with Crippen LogP contribution in [0.5, 0.6) is 17.2 Å². The van der Waals surface area contributed by atoms with Gasteiger partial charge >= 0.3 is 0 Å². The summed E-state index contributed by atoms with van der Waals surface area (Å²) in [5, 5.41) is 10.2. The first-order chi connectivity index (χ1) is 9.22. The van der Waals surface area contributed by atoms with E-state index >= 15 is 0 Å². The molecule has 2 aliphatic heterocycles. The van der Waals surface area contributed by atoms with Gasteiger partial charge in [0, 0.05) is 5.56 Å². The van der Waals surface area contributed by atoms with Crippen LogP contribution in [-0.4, -0.2) is 18.3 Å². The summed E-state index contributed by atoms with van der Waals surface area (Å²) in [4.78, 5) is 0. The second-order valence-corrected chi connectivity index (χ2v) is 5.26. The Labute approximate surface area is 111 Å². The van der Waals surface area contributed by atoms with E-state index in [4.69, 9.17) is 9.47 Å². The molecule has 2 aromatic rings. The molecule has 0 aliphatic carbocycles. The van der Waals surface area contributed by atoms with Crippen LogP contribution in [0.15, 0.2) is 36.4 Å². The lowest BCUT2D eigenvalue weighted by Gasteiger charge is -2.22. The molecule has 0 fully saturated rings. The van der Waals surface area contributed by atoms with Gasteiger partial charge in [-0.05, 0) is 30.7 Å². The molecule has 1 atom stereocenters. The number of rotatable bonds is 0. The summed E-state index contributed by atoms with van der Waals surface area (Å²) in [5.74, 6) is 1.95. The Morgan fingerprint density at radius 2 is 1.58 bits per heavy atom. The predicted octanol–water partition coefficient (Wildman–Crippen LogP) is 2.77. The molecule has 19 heavy (non-hydrogen) atoms. The highest BCUT2D eigenvalue weighted by Gasteiger charge is 2.51. The number of phenolic OH excluding ortho intramolecular Hbond substituents is 1. The molecule has 0 radical (unpaired) electrons. The lowest BCUT2D eigenvalue weighted by Crippen LogP contribution is -2.32. The van der Waals surface area contributed by atoms with Crippen LogP contribution >= 0.6 is 0 Å². The molecular formula is C16H14O3. The molecule has 2 heterocycles. The van der Waals surface area contributed by atoms with E-state index in [1.54, 1.807) is 6.07 Å². The zero-order valence-electron chi connectivity index (χ0n) is 10.6. The largest absolute Gasteiger partial charge is 0.507 e. The molecule has 1 N–H and O–H groups in total. The van der Waals surface area contributed by atoms with Crippen LogP contribution in [0.2, 0.25) is 0 Å². The zero-order valence-corrected chi connectivity index (χ0v) is 10.6. The Bertz CT molecular complexity index is 616. The first-order valence-corrected chi connectivity index (χ1v) is 6.40. The summed E-state index contributed by atoms with van der Waals surface area (Å²) in [6.07, 6.45) is 0. The van der Waals surface area contributed by atoms with E-state index in [0.717, 1.165) is 22.6 Å². The lowest BCUT2D eigenvalue weighted by molar-refractivity contribution is 0.236. The maximum absolute atomic E-state index is 10.2. The maximum atomic E-state index is 10.2. The molecule has 1 spiro atoms. The van der Waals surface area contributed by atoms with Gasteiger partial charge in [-0.2, -0.15) is 0 Å². The van der Waals surface area contributed by atoms with Crippen molar-refractivity contribution in [3.05, 3.63) is 53.1 Å². The Kier molecular flexibility index (Phi) is 1.94.